The molecule has 0 aromatic heterocycles. The fraction of sp³-hybridized carbons (Fsp3) is 0.700. The van der Waals surface area contributed by atoms with Crippen molar-refractivity contribution < 1.29 is 4.74 Å². The van der Waals surface area contributed by atoms with E-state index in [4.69, 9.17) is 4.74 Å². The van der Waals surface area contributed by atoms with Crippen LogP contribution in [-0.2, 0) is 4.74 Å². The molecular weight excluding hydrogens is 136 g/mol. The Balaban J connectivity index is 2.13. The van der Waals surface area contributed by atoms with Crippen molar-refractivity contribution in [3.05, 3.63) is 18.8 Å². The molecule has 1 aliphatic heterocycles. The Hall–Kier alpha value is -0.300. The number of ether oxygens (including phenoxy) is 1. The Morgan fingerprint density at radius 1 is 1.55 bits per heavy atom. The predicted molar refractivity (Wildman–Crippen MR) is 44.9 cm³/mol. The van der Waals surface area contributed by atoms with E-state index in [0.29, 0.717) is 5.41 Å². The average molecular weight is 151 g/mol. The summed E-state index contributed by atoms with van der Waals surface area (Å²) in [5, 5.41) is 0. The molecule has 2 fully saturated rings. The van der Waals surface area contributed by atoms with Crippen molar-refractivity contribution >= 4 is 0 Å². The maximum Gasteiger partial charge on any atom is 0.104 e. The molecule has 0 bridgehead atoms. The van der Waals surface area contributed by atoms with E-state index in [1.807, 2.05) is 6.08 Å². The molecule has 1 aliphatic carbocycles. The largest absolute Gasteiger partial charge is 0.371 e. The normalized spacial score (nSPS) is 37.5. The third-order valence-electron chi connectivity index (χ3n) is 3.04. The van der Waals surface area contributed by atoms with Gasteiger partial charge in [0.05, 0.1) is 0 Å². The second-order valence-electron chi connectivity index (χ2n) is 3.65. The lowest BCUT2D eigenvalue weighted by Crippen LogP contribution is -2.17. The highest BCUT2D eigenvalue weighted by atomic mass is 16.5. The Morgan fingerprint density at radius 2 is 2.45 bits per heavy atom. The summed E-state index contributed by atoms with van der Waals surface area (Å²) in [5.74, 6) is 0. The van der Waals surface area contributed by atoms with E-state index in [0.717, 1.165) is 13.0 Å². The number of fused-ring (bicyclic) bond motifs is 1. The van der Waals surface area contributed by atoms with Gasteiger partial charge in [0.15, 0.2) is 0 Å². The summed E-state index contributed by atoms with van der Waals surface area (Å²) in [6.07, 6.45) is 9.62. The first-order chi connectivity index (χ1) is 5.37. The number of hydrogen-bond donors (Lipinski definition) is 0. The first-order valence-corrected chi connectivity index (χ1v) is 4.47. The molecular formula is C10H15O. The van der Waals surface area contributed by atoms with Gasteiger partial charge in [-0.15, -0.1) is 6.58 Å². The van der Waals surface area contributed by atoms with Crippen LogP contribution < -0.4 is 0 Å². The number of rotatable bonds is 2. The van der Waals surface area contributed by atoms with Crippen LogP contribution in [0.1, 0.15) is 32.1 Å². The topological polar surface area (TPSA) is 9.23 Å². The maximum atomic E-state index is 5.60. The number of hydrogen-bond acceptors (Lipinski definition) is 1. The van der Waals surface area contributed by atoms with E-state index in [2.05, 4.69) is 6.58 Å². The van der Waals surface area contributed by atoms with Crippen LogP contribution in [0.3, 0.4) is 0 Å². The lowest BCUT2D eigenvalue weighted by Gasteiger charge is -2.24. The van der Waals surface area contributed by atoms with E-state index in [9.17, 15) is 0 Å². The van der Waals surface area contributed by atoms with Gasteiger partial charge in [-0.3, -0.25) is 0 Å². The molecule has 1 saturated heterocycles. The highest BCUT2D eigenvalue weighted by Crippen LogP contribution is 2.54. The molecule has 1 saturated carbocycles. The Morgan fingerprint density at radius 3 is 3.27 bits per heavy atom. The first kappa shape index (κ1) is 7.35. The molecule has 2 aliphatic rings. The first-order valence-electron chi connectivity index (χ1n) is 4.47. The molecule has 1 heteroatoms. The van der Waals surface area contributed by atoms with Crippen LogP contribution in [0.5, 0.6) is 0 Å². The van der Waals surface area contributed by atoms with Crippen LogP contribution in [0, 0.1) is 11.5 Å². The predicted octanol–water partition coefficient (Wildman–Crippen LogP) is 2.69. The molecule has 1 nitrogen and oxygen atoms in total. The van der Waals surface area contributed by atoms with Crippen LogP contribution in [0.2, 0.25) is 0 Å². The van der Waals surface area contributed by atoms with Crippen LogP contribution in [0.4, 0.5) is 0 Å². The van der Waals surface area contributed by atoms with Gasteiger partial charge in [0, 0.05) is 12.0 Å². The summed E-state index contributed by atoms with van der Waals surface area (Å²) >= 11 is 0. The smallest absolute Gasteiger partial charge is 0.104 e. The van der Waals surface area contributed by atoms with E-state index in [-0.39, 0.29) is 0 Å². The van der Waals surface area contributed by atoms with E-state index >= 15 is 0 Å². The van der Waals surface area contributed by atoms with Crippen LogP contribution in [-0.4, -0.2) is 6.61 Å². The Kier molecular flexibility index (Phi) is 1.76. The van der Waals surface area contributed by atoms with Crippen molar-refractivity contribution in [2.45, 2.75) is 32.1 Å². The molecule has 0 N–H and O–H groups in total. The highest BCUT2D eigenvalue weighted by Gasteiger charge is 2.47. The second-order valence-corrected chi connectivity index (χ2v) is 3.65. The molecule has 0 aromatic rings. The third-order valence-corrected chi connectivity index (χ3v) is 3.04. The molecule has 0 spiro atoms. The van der Waals surface area contributed by atoms with Crippen molar-refractivity contribution in [2.24, 2.45) is 5.41 Å². The monoisotopic (exact) mass is 151 g/mol. The summed E-state index contributed by atoms with van der Waals surface area (Å²) in [6.45, 7) is 4.76. The minimum atomic E-state index is 0.432. The summed E-state index contributed by atoms with van der Waals surface area (Å²) in [4.78, 5) is 0. The Bertz CT molecular complexity index is 152. The zero-order valence-corrected chi connectivity index (χ0v) is 6.94. The summed E-state index contributed by atoms with van der Waals surface area (Å²) < 4.78 is 5.60. The average Bonchev–Trinajstić information content (AvgIpc) is 2.45. The van der Waals surface area contributed by atoms with Crippen LogP contribution in [0.25, 0.3) is 0 Å². The van der Waals surface area contributed by atoms with Gasteiger partial charge in [-0.1, -0.05) is 6.08 Å². The van der Waals surface area contributed by atoms with Gasteiger partial charge in [-0.2, -0.15) is 0 Å². The van der Waals surface area contributed by atoms with Crippen molar-refractivity contribution in [1.82, 2.24) is 0 Å². The van der Waals surface area contributed by atoms with Crippen molar-refractivity contribution in [3.63, 3.8) is 0 Å². The zero-order valence-electron chi connectivity index (χ0n) is 6.94. The van der Waals surface area contributed by atoms with Gasteiger partial charge in [0.25, 0.3) is 0 Å². The van der Waals surface area contributed by atoms with Crippen LogP contribution >= 0.6 is 0 Å². The van der Waals surface area contributed by atoms with Gasteiger partial charge >= 0.3 is 0 Å². The highest BCUT2D eigenvalue weighted by molar-refractivity contribution is 5.10. The summed E-state index contributed by atoms with van der Waals surface area (Å²) in [6, 6.07) is 0. The van der Waals surface area contributed by atoms with E-state index < -0.39 is 0 Å². The fourth-order valence-corrected chi connectivity index (χ4v) is 2.45. The van der Waals surface area contributed by atoms with Crippen molar-refractivity contribution in [1.29, 1.82) is 0 Å². The van der Waals surface area contributed by atoms with Crippen LogP contribution in [0.15, 0.2) is 12.7 Å². The summed E-state index contributed by atoms with van der Waals surface area (Å²) in [5.41, 5.74) is 0.432. The van der Waals surface area contributed by atoms with Gasteiger partial charge < -0.3 is 4.74 Å². The maximum absolute atomic E-state index is 5.60. The lowest BCUT2D eigenvalue weighted by atomic mass is 9.80. The molecule has 0 amide bonds. The standard InChI is InChI=1S/C10H15O/c1-2-5-10-6-3-4-9(10)11-8-7-10/h2H,1,3-8H2/t10-/m0/s1. The van der Waals surface area contributed by atoms with Gasteiger partial charge in [0.2, 0.25) is 0 Å². The lowest BCUT2D eigenvalue weighted by molar-refractivity contribution is 0.170. The molecule has 2 rings (SSSR count). The molecule has 1 radical (unpaired) electrons. The molecule has 1 heterocycles. The van der Waals surface area contributed by atoms with Gasteiger partial charge in [-0.25, -0.2) is 0 Å². The van der Waals surface area contributed by atoms with Gasteiger partial charge in [0.1, 0.15) is 6.10 Å². The third kappa shape index (κ3) is 1.02. The minimum absolute atomic E-state index is 0.432. The molecule has 11 heavy (non-hydrogen) atoms. The quantitative estimate of drug-likeness (QED) is 0.551. The zero-order chi connectivity index (χ0) is 7.73. The van der Waals surface area contributed by atoms with Gasteiger partial charge in [-0.05, 0) is 32.1 Å². The van der Waals surface area contributed by atoms with E-state index in [1.54, 1.807) is 0 Å². The summed E-state index contributed by atoms with van der Waals surface area (Å²) in [7, 11) is 0. The molecule has 0 unspecified atom stereocenters. The van der Waals surface area contributed by atoms with Crippen molar-refractivity contribution in [2.75, 3.05) is 6.61 Å². The SMILES string of the molecule is C=CC[C@@]12CCC[C]1OCC2. The Labute approximate surface area is 68.4 Å². The van der Waals surface area contributed by atoms with E-state index in [1.165, 1.54) is 31.8 Å². The minimum Gasteiger partial charge on any atom is -0.371 e. The fourth-order valence-electron chi connectivity index (χ4n) is 2.45. The second kappa shape index (κ2) is 2.63. The molecule has 0 aromatic carbocycles. The molecule has 61 valence electrons. The molecule has 1 atom stereocenters. The van der Waals surface area contributed by atoms with Crippen molar-refractivity contribution in [3.8, 4) is 0 Å². The number of allylic oxidation sites excluding steroid dienone is 1.